The minimum Gasteiger partial charge on any atom is -0.394 e. The van der Waals surface area contributed by atoms with Crippen LogP contribution in [-0.2, 0) is 4.79 Å². The second-order valence-corrected chi connectivity index (χ2v) is 7.80. The predicted molar refractivity (Wildman–Crippen MR) is 115 cm³/mol. The first-order valence-corrected chi connectivity index (χ1v) is 10.3. The van der Waals surface area contributed by atoms with Gasteiger partial charge in [0.1, 0.15) is 11.6 Å². The van der Waals surface area contributed by atoms with E-state index >= 15 is 0 Å². The molecule has 2 aromatic rings. The fourth-order valence-electron chi connectivity index (χ4n) is 3.99. The third-order valence-corrected chi connectivity index (χ3v) is 5.59. The van der Waals surface area contributed by atoms with Gasteiger partial charge in [0.2, 0.25) is 0 Å². The number of alkyl halides is 3. The Bertz CT molecular complexity index is 1080. The van der Waals surface area contributed by atoms with Gasteiger partial charge in [0, 0.05) is 30.2 Å². The van der Waals surface area contributed by atoms with E-state index in [9.17, 15) is 28.3 Å². The zero-order chi connectivity index (χ0) is 23.5. The molecule has 1 heterocycles. The van der Waals surface area contributed by atoms with Crippen molar-refractivity contribution >= 4 is 27.9 Å². The molecule has 2 atom stereocenters. The maximum Gasteiger partial charge on any atom is 0.418 e. The number of carbonyl (C=O) groups excluding carboxylic acids is 1. The Morgan fingerprint density at radius 1 is 1.34 bits per heavy atom. The lowest BCUT2D eigenvalue weighted by molar-refractivity contribution is -0.118. The molecule has 3 rings (SSSR count). The number of nitrogens with one attached hydrogen (secondary N) is 1. The molecule has 2 unspecified atom stereocenters. The number of rotatable bonds is 6. The summed E-state index contributed by atoms with van der Waals surface area (Å²) in [6.45, 7) is 1.70. The highest BCUT2D eigenvalue weighted by Gasteiger charge is 2.40. The number of nitriles is 1. The van der Waals surface area contributed by atoms with Gasteiger partial charge in [-0.2, -0.15) is 18.4 Å². The van der Waals surface area contributed by atoms with Crippen molar-refractivity contribution < 1.29 is 28.2 Å². The summed E-state index contributed by atoms with van der Waals surface area (Å²) in [5.41, 5.74) is -1.93. The number of allylic oxidation sites excluding steroid dienone is 1. The molecule has 0 aromatic heterocycles. The first kappa shape index (κ1) is 23.6. The molecular weight excluding hydrogens is 423 g/mol. The van der Waals surface area contributed by atoms with Gasteiger partial charge in [0.05, 0.1) is 18.3 Å². The Balaban J connectivity index is 2.14. The first-order chi connectivity index (χ1) is 15.2. The molecule has 0 spiro atoms. The second kappa shape index (κ2) is 9.59. The van der Waals surface area contributed by atoms with E-state index in [0.717, 1.165) is 30.5 Å². The van der Waals surface area contributed by atoms with Crippen LogP contribution >= 0.6 is 0 Å². The maximum atomic E-state index is 14.0. The van der Waals surface area contributed by atoms with Crippen LogP contribution in [0.25, 0.3) is 16.3 Å². The van der Waals surface area contributed by atoms with E-state index in [2.05, 4.69) is 17.1 Å². The van der Waals surface area contributed by atoms with Crippen LogP contribution in [0, 0.1) is 11.3 Å². The smallest absolute Gasteiger partial charge is 0.394 e. The van der Waals surface area contributed by atoms with Gasteiger partial charge in [-0.05, 0) is 42.8 Å². The Morgan fingerprint density at radius 2 is 2.09 bits per heavy atom. The summed E-state index contributed by atoms with van der Waals surface area (Å²) in [6.07, 6.45) is -4.34. The summed E-state index contributed by atoms with van der Waals surface area (Å²) in [6, 6.07) is 11.3. The summed E-state index contributed by atoms with van der Waals surface area (Å²) < 4.78 is 42.1. The average Bonchev–Trinajstić information content (AvgIpc) is 3.19. The van der Waals surface area contributed by atoms with Crippen LogP contribution in [0.4, 0.5) is 18.9 Å². The third-order valence-electron chi connectivity index (χ3n) is 5.59. The molecule has 3 N–H and O–H groups in total. The summed E-state index contributed by atoms with van der Waals surface area (Å²) in [5.74, 6) is -1.27. The minimum absolute atomic E-state index is 0.250. The molecule has 2 aromatic carbocycles. The first-order valence-electron chi connectivity index (χ1n) is 10.3. The van der Waals surface area contributed by atoms with Gasteiger partial charge in [-0.25, -0.2) is 0 Å². The molecular formula is C23H24F3N3O3. The standard InChI is InChI=1S/C23H24F3N3O3/c1-14-4-3-9-29(14)20-6-2-5-15-7-8-16(10-18(15)20)21(23(24,25)26)19(11-27)22(32)28-12-17(31)13-30/h2,5-8,10,14,17,30-31H,3-4,9,12-13H2,1H3,(H,28,32)/b21-19-. The number of nitrogens with zero attached hydrogens (tertiary/aromatic N) is 2. The Morgan fingerprint density at radius 3 is 2.69 bits per heavy atom. The number of amides is 1. The summed E-state index contributed by atoms with van der Waals surface area (Å²) in [7, 11) is 0. The number of hydrogen-bond donors (Lipinski definition) is 3. The number of aliphatic hydroxyl groups excluding tert-OH is 2. The highest BCUT2D eigenvalue weighted by Crippen LogP contribution is 2.39. The molecule has 170 valence electrons. The molecule has 1 amide bonds. The molecule has 0 saturated carbocycles. The lowest BCUT2D eigenvalue weighted by Crippen LogP contribution is -2.35. The highest BCUT2D eigenvalue weighted by molar-refractivity contribution is 6.07. The quantitative estimate of drug-likeness (QED) is 0.467. The molecule has 1 aliphatic rings. The van der Waals surface area contributed by atoms with Crippen LogP contribution in [0.5, 0.6) is 0 Å². The zero-order valence-electron chi connectivity index (χ0n) is 17.5. The number of aliphatic hydroxyl groups is 2. The molecule has 1 saturated heterocycles. The van der Waals surface area contributed by atoms with Crippen molar-refractivity contribution in [3.8, 4) is 6.07 Å². The van der Waals surface area contributed by atoms with Crippen molar-refractivity contribution in [1.29, 1.82) is 5.26 Å². The summed E-state index contributed by atoms with van der Waals surface area (Å²) in [5, 5.41) is 31.0. The van der Waals surface area contributed by atoms with Gasteiger partial charge in [-0.1, -0.05) is 24.3 Å². The fraction of sp³-hybridized carbons (Fsp3) is 0.391. The van der Waals surface area contributed by atoms with E-state index in [-0.39, 0.29) is 11.6 Å². The van der Waals surface area contributed by atoms with Crippen LogP contribution in [0.15, 0.2) is 42.0 Å². The van der Waals surface area contributed by atoms with Crippen molar-refractivity contribution in [1.82, 2.24) is 5.32 Å². The Kier molecular flexibility index (Phi) is 7.06. The maximum absolute atomic E-state index is 14.0. The van der Waals surface area contributed by atoms with Crippen molar-refractivity contribution in [2.24, 2.45) is 0 Å². The van der Waals surface area contributed by atoms with E-state index in [4.69, 9.17) is 5.11 Å². The second-order valence-electron chi connectivity index (χ2n) is 7.80. The van der Waals surface area contributed by atoms with E-state index < -0.39 is 42.5 Å². The van der Waals surface area contributed by atoms with E-state index in [1.807, 2.05) is 12.1 Å². The molecule has 6 nitrogen and oxygen atoms in total. The number of carbonyl (C=O) groups is 1. The normalized spacial score (nSPS) is 18.3. The molecule has 1 aliphatic heterocycles. The van der Waals surface area contributed by atoms with Gasteiger partial charge in [0.15, 0.2) is 0 Å². The fourth-order valence-corrected chi connectivity index (χ4v) is 3.99. The zero-order valence-corrected chi connectivity index (χ0v) is 17.5. The lowest BCUT2D eigenvalue weighted by atomic mass is 9.95. The lowest BCUT2D eigenvalue weighted by Gasteiger charge is -2.26. The van der Waals surface area contributed by atoms with Gasteiger partial charge in [0.25, 0.3) is 5.91 Å². The molecule has 9 heteroatoms. The van der Waals surface area contributed by atoms with E-state index in [0.29, 0.717) is 5.39 Å². The van der Waals surface area contributed by atoms with Gasteiger partial charge >= 0.3 is 6.18 Å². The molecule has 0 aliphatic carbocycles. The van der Waals surface area contributed by atoms with Gasteiger partial charge in [-0.15, -0.1) is 0 Å². The van der Waals surface area contributed by atoms with Crippen molar-refractivity contribution in [2.45, 2.75) is 38.1 Å². The van der Waals surface area contributed by atoms with Gasteiger partial charge in [-0.3, -0.25) is 4.79 Å². The number of anilines is 1. The molecule has 0 bridgehead atoms. The molecule has 1 fully saturated rings. The summed E-state index contributed by atoms with van der Waals surface area (Å²) in [4.78, 5) is 14.5. The Labute approximate surface area is 183 Å². The SMILES string of the molecule is CC1CCCN1c1cccc2ccc(/C(=C(\C#N)C(=O)NCC(O)CO)C(F)(F)F)cc12. The topological polar surface area (TPSA) is 96.6 Å². The van der Waals surface area contributed by atoms with E-state index in [1.54, 1.807) is 12.1 Å². The summed E-state index contributed by atoms with van der Waals surface area (Å²) >= 11 is 0. The van der Waals surface area contributed by atoms with Crippen LogP contribution in [0.3, 0.4) is 0 Å². The largest absolute Gasteiger partial charge is 0.418 e. The monoisotopic (exact) mass is 447 g/mol. The van der Waals surface area contributed by atoms with Crippen LogP contribution in [0.2, 0.25) is 0 Å². The third kappa shape index (κ3) is 4.87. The average molecular weight is 447 g/mol. The number of benzene rings is 2. The number of hydrogen-bond acceptors (Lipinski definition) is 5. The van der Waals surface area contributed by atoms with Crippen molar-refractivity contribution in [3.63, 3.8) is 0 Å². The van der Waals surface area contributed by atoms with Gasteiger partial charge < -0.3 is 20.4 Å². The number of halogens is 3. The molecule has 32 heavy (non-hydrogen) atoms. The van der Waals surface area contributed by atoms with E-state index in [1.165, 1.54) is 18.2 Å². The minimum atomic E-state index is -4.97. The highest BCUT2D eigenvalue weighted by atomic mass is 19.4. The predicted octanol–water partition coefficient (Wildman–Crippen LogP) is 3.14. The Hall–Kier alpha value is -3.09. The molecule has 0 radical (unpaired) electrons. The van der Waals surface area contributed by atoms with Crippen LogP contribution in [0.1, 0.15) is 25.3 Å². The number of fused-ring (bicyclic) bond motifs is 1. The van der Waals surface area contributed by atoms with Crippen LogP contribution in [-0.4, -0.2) is 54.1 Å². The van der Waals surface area contributed by atoms with Crippen LogP contribution < -0.4 is 10.2 Å². The van der Waals surface area contributed by atoms with Crippen molar-refractivity contribution in [2.75, 3.05) is 24.6 Å². The van der Waals surface area contributed by atoms with Crippen molar-refractivity contribution in [3.05, 3.63) is 47.5 Å².